The molecular weight excluding hydrogens is 182 g/mol. The van der Waals surface area contributed by atoms with Crippen LogP contribution in [0.4, 0.5) is 0 Å². The second-order valence-electron chi connectivity index (χ2n) is 3.46. The molecule has 14 heavy (non-hydrogen) atoms. The molecule has 0 saturated heterocycles. The second kappa shape index (κ2) is 3.65. The van der Waals surface area contributed by atoms with E-state index in [9.17, 15) is 9.59 Å². The highest BCUT2D eigenvalue weighted by molar-refractivity contribution is 5.87. The summed E-state index contributed by atoms with van der Waals surface area (Å²) in [5, 5.41) is 8.75. The van der Waals surface area contributed by atoms with Crippen LogP contribution in [0, 0.1) is 6.92 Å². The van der Waals surface area contributed by atoms with E-state index in [1.807, 2.05) is 13.8 Å². The first-order chi connectivity index (χ1) is 6.45. The van der Waals surface area contributed by atoms with Gasteiger partial charge in [-0.25, -0.2) is 4.79 Å². The van der Waals surface area contributed by atoms with Crippen molar-refractivity contribution in [2.24, 2.45) is 0 Å². The second-order valence-corrected chi connectivity index (χ2v) is 3.46. The molecule has 0 saturated carbocycles. The molecule has 0 unspecified atom stereocenters. The monoisotopic (exact) mass is 195 g/mol. The Kier molecular flexibility index (Phi) is 2.74. The van der Waals surface area contributed by atoms with Crippen LogP contribution in [-0.4, -0.2) is 15.6 Å². The van der Waals surface area contributed by atoms with Crippen LogP contribution in [-0.2, 0) is 0 Å². The Morgan fingerprint density at radius 2 is 2.00 bits per heavy atom. The standard InChI is InChI=1S/C10H13NO3/c1-6(2)11-7(3)4-5-8(9(11)12)10(13)14/h4-6H,1-3H3,(H,13,14). The molecular formula is C10H13NO3. The van der Waals surface area contributed by atoms with Gasteiger partial charge < -0.3 is 9.67 Å². The van der Waals surface area contributed by atoms with Gasteiger partial charge in [0.1, 0.15) is 5.56 Å². The minimum absolute atomic E-state index is 0.0261. The van der Waals surface area contributed by atoms with Gasteiger partial charge in [0.2, 0.25) is 0 Å². The van der Waals surface area contributed by atoms with Crippen LogP contribution in [0.15, 0.2) is 16.9 Å². The molecule has 1 aromatic heterocycles. The lowest BCUT2D eigenvalue weighted by Crippen LogP contribution is -2.28. The molecule has 0 radical (unpaired) electrons. The van der Waals surface area contributed by atoms with Gasteiger partial charge in [-0.1, -0.05) is 0 Å². The number of carbonyl (C=O) groups is 1. The van der Waals surface area contributed by atoms with Crippen molar-refractivity contribution in [3.05, 3.63) is 33.7 Å². The maximum absolute atomic E-state index is 11.7. The van der Waals surface area contributed by atoms with E-state index in [0.717, 1.165) is 5.69 Å². The zero-order valence-electron chi connectivity index (χ0n) is 8.44. The SMILES string of the molecule is Cc1ccc(C(=O)O)c(=O)n1C(C)C. The van der Waals surface area contributed by atoms with Crippen molar-refractivity contribution in [2.75, 3.05) is 0 Å². The summed E-state index contributed by atoms with van der Waals surface area (Å²) >= 11 is 0. The number of aromatic nitrogens is 1. The fraction of sp³-hybridized carbons (Fsp3) is 0.400. The lowest BCUT2D eigenvalue weighted by molar-refractivity contribution is 0.0694. The molecule has 1 rings (SSSR count). The van der Waals surface area contributed by atoms with Crippen LogP contribution in [0.25, 0.3) is 0 Å². The third-order valence-electron chi connectivity index (χ3n) is 2.07. The van der Waals surface area contributed by atoms with Gasteiger partial charge in [0.05, 0.1) is 0 Å². The fourth-order valence-corrected chi connectivity index (χ4v) is 1.45. The van der Waals surface area contributed by atoms with E-state index in [2.05, 4.69) is 0 Å². The molecule has 0 aliphatic rings. The van der Waals surface area contributed by atoms with Crippen molar-refractivity contribution in [2.45, 2.75) is 26.8 Å². The fourth-order valence-electron chi connectivity index (χ4n) is 1.45. The number of nitrogens with zero attached hydrogens (tertiary/aromatic N) is 1. The Labute approximate surface area is 81.8 Å². The molecule has 0 aliphatic heterocycles. The number of carboxylic acids is 1. The van der Waals surface area contributed by atoms with Crippen molar-refractivity contribution in [3.8, 4) is 0 Å². The summed E-state index contributed by atoms with van der Waals surface area (Å²) in [5.74, 6) is -1.18. The zero-order valence-corrected chi connectivity index (χ0v) is 8.44. The maximum Gasteiger partial charge on any atom is 0.341 e. The highest BCUT2D eigenvalue weighted by atomic mass is 16.4. The van der Waals surface area contributed by atoms with E-state index in [1.165, 1.54) is 10.6 Å². The smallest absolute Gasteiger partial charge is 0.341 e. The van der Waals surface area contributed by atoms with Gasteiger partial charge >= 0.3 is 5.97 Å². The maximum atomic E-state index is 11.7. The molecule has 1 heterocycles. The number of aryl methyl sites for hydroxylation is 1. The van der Waals surface area contributed by atoms with Crippen molar-refractivity contribution < 1.29 is 9.90 Å². The van der Waals surface area contributed by atoms with E-state index in [0.29, 0.717) is 0 Å². The Bertz CT molecular complexity index is 418. The molecule has 76 valence electrons. The van der Waals surface area contributed by atoms with Gasteiger partial charge in [-0.3, -0.25) is 4.79 Å². The summed E-state index contributed by atoms with van der Waals surface area (Å²) in [5.41, 5.74) is 0.159. The number of pyridine rings is 1. The Morgan fingerprint density at radius 3 is 2.43 bits per heavy atom. The molecule has 1 aromatic rings. The number of rotatable bonds is 2. The van der Waals surface area contributed by atoms with Crippen molar-refractivity contribution in [1.29, 1.82) is 0 Å². The van der Waals surface area contributed by atoms with Gasteiger partial charge in [0, 0.05) is 11.7 Å². The van der Waals surface area contributed by atoms with E-state index in [1.54, 1.807) is 13.0 Å². The summed E-state index contributed by atoms with van der Waals surface area (Å²) in [6.07, 6.45) is 0. The number of hydrogen-bond acceptors (Lipinski definition) is 2. The summed E-state index contributed by atoms with van der Waals surface area (Å²) in [7, 11) is 0. The first-order valence-electron chi connectivity index (χ1n) is 4.40. The molecule has 1 N–H and O–H groups in total. The molecule has 4 heteroatoms. The third kappa shape index (κ3) is 1.69. The van der Waals surface area contributed by atoms with Crippen LogP contribution in [0.1, 0.15) is 35.9 Å². The summed E-state index contributed by atoms with van der Waals surface area (Å²) in [4.78, 5) is 22.3. The lowest BCUT2D eigenvalue weighted by Gasteiger charge is -2.13. The van der Waals surface area contributed by atoms with Gasteiger partial charge in [0.25, 0.3) is 5.56 Å². The zero-order chi connectivity index (χ0) is 10.9. The number of aromatic carboxylic acids is 1. The molecule has 0 atom stereocenters. The Hall–Kier alpha value is -1.58. The number of carboxylic acid groups (broad SMARTS) is 1. The number of hydrogen-bond donors (Lipinski definition) is 1. The lowest BCUT2D eigenvalue weighted by atomic mass is 10.2. The first-order valence-corrected chi connectivity index (χ1v) is 4.40. The molecule has 0 spiro atoms. The normalized spacial score (nSPS) is 10.6. The minimum Gasteiger partial charge on any atom is -0.477 e. The molecule has 0 fully saturated rings. The minimum atomic E-state index is -1.18. The average Bonchev–Trinajstić information content (AvgIpc) is 2.02. The highest BCUT2D eigenvalue weighted by Crippen LogP contribution is 2.06. The molecule has 0 aliphatic carbocycles. The van der Waals surface area contributed by atoms with E-state index < -0.39 is 11.5 Å². The third-order valence-corrected chi connectivity index (χ3v) is 2.07. The van der Waals surface area contributed by atoms with Gasteiger partial charge in [-0.05, 0) is 32.9 Å². The van der Waals surface area contributed by atoms with Crippen LogP contribution >= 0.6 is 0 Å². The Morgan fingerprint density at radius 1 is 1.43 bits per heavy atom. The van der Waals surface area contributed by atoms with Crippen molar-refractivity contribution in [3.63, 3.8) is 0 Å². The van der Waals surface area contributed by atoms with Gasteiger partial charge in [-0.2, -0.15) is 0 Å². The summed E-state index contributed by atoms with van der Waals surface area (Å²) < 4.78 is 1.48. The van der Waals surface area contributed by atoms with Crippen LogP contribution in [0.3, 0.4) is 0 Å². The first kappa shape index (κ1) is 10.5. The molecule has 4 nitrogen and oxygen atoms in total. The van der Waals surface area contributed by atoms with Crippen molar-refractivity contribution in [1.82, 2.24) is 4.57 Å². The Balaban J connectivity index is 3.50. The van der Waals surface area contributed by atoms with Crippen molar-refractivity contribution >= 4 is 5.97 Å². The van der Waals surface area contributed by atoms with E-state index >= 15 is 0 Å². The summed E-state index contributed by atoms with van der Waals surface area (Å²) in [6.45, 7) is 5.48. The van der Waals surface area contributed by atoms with Crippen LogP contribution < -0.4 is 5.56 Å². The molecule has 0 aromatic carbocycles. The predicted molar refractivity (Wildman–Crippen MR) is 52.8 cm³/mol. The average molecular weight is 195 g/mol. The van der Waals surface area contributed by atoms with E-state index in [-0.39, 0.29) is 11.6 Å². The van der Waals surface area contributed by atoms with E-state index in [4.69, 9.17) is 5.11 Å². The summed E-state index contributed by atoms with van der Waals surface area (Å²) in [6, 6.07) is 2.96. The highest BCUT2D eigenvalue weighted by Gasteiger charge is 2.13. The van der Waals surface area contributed by atoms with Gasteiger partial charge in [0.15, 0.2) is 0 Å². The molecule has 0 bridgehead atoms. The quantitative estimate of drug-likeness (QED) is 0.776. The van der Waals surface area contributed by atoms with Gasteiger partial charge in [-0.15, -0.1) is 0 Å². The topological polar surface area (TPSA) is 59.3 Å². The predicted octanol–water partition coefficient (Wildman–Crippen LogP) is 1.44. The van der Waals surface area contributed by atoms with Crippen LogP contribution in [0.5, 0.6) is 0 Å². The largest absolute Gasteiger partial charge is 0.477 e. The van der Waals surface area contributed by atoms with Crippen LogP contribution in [0.2, 0.25) is 0 Å². The molecule has 0 amide bonds.